The first-order valence-corrected chi connectivity index (χ1v) is 3.57. The summed E-state index contributed by atoms with van der Waals surface area (Å²) in [5.41, 5.74) is 0. The first kappa shape index (κ1) is 11.2. The summed E-state index contributed by atoms with van der Waals surface area (Å²) in [7, 11) is 0. The lowest BCUT2D eigenvalue weighted by atomic mass is 10.6. The van der Waals surface area contributed by atoms with E-state index in [1.807, 2.05) is 5.32 Å². The second-order valence-corrected chi connectivity index (χ2v) is 1.98. The van der Waals surface area contributed by atoms with Crippen LogP contribution in [-0.4, -0.2) is 18.4 Å². The topological polar surface area (TPSA) is 55.4 Å². The van der Waals surface area contributed by atoms with Crippen molar-refractivity contribution in [3.63, 3.8) is 0 Å². The fraction of sp³-hybridized carbons (Fsp3) is 0.111. The van der Waals surface area contributed by atoms with E-state index in [2.05, 4.69) is 17.9 Å². The largest absolute Gasteiger partial charge is 0.498 e. The second-order valence-electron chi connectivity index (χ2n) is 1.98. The van der Waals surface area contributed by atoms with Crippen molar-refractivity contribution >= 4 is 11.8 Å². The van der Waals surface area contributed by atoms with Gasteiger partial charge in [0.05, 0.1) is 6.26 Å². The van der Waals surface area contributed by atoms with E-state index in [0.29, 0.717) is 6.61 Å². The van der Waals surface area contributed by atoms with Crippen LogP contribution in [0.25, 0.3) is 0 Å². The molecule has 70 valence electrons. The van der Waals surface area contributed by atoms with Crippen molar-refractivity contribution in [3.8, 4) is 0 Å². The van der Waals surface area contributed by atoms with Crippen LogP contribution in [0, 0.1) is 0 Å². The van der Waals surface area contributed by atoms with E-state index < -0.39 is 0 Å². The number of rotatable bonds is 3. The van der Waals surface area contributed by atoms with Crippen LogP contribution in [0.5, 0.6) is 0 Å². The van der Waals surface area contributed by atoms with Gasteiger partial charge in [-0.1, -0.05) is 19.2 Å². The smallest absolute Gasteiger partial charge is 0.250 e. The van der Waals surface area contributed by atoms with Crippen LogP contribution in [0.4, 0.5) is 0 Å². The molecule has 1 aliphatic rings. The minimum Gasteiger partial charge on any atom is -0.498 e. The molecule has 0 radical (unpaired) electrons. The van der Waals surface area contributed by atoms with Gasteiger partial charge in [0.1, 0.15) is 6.61 Å². The fourth-order valence-corrected chi connectivity index (χ4v) is 0.492. The number of nitrogens with one attached hydrogen (secondary N) is 1. The van der Waals surface area contributed by atoms with E-state index in [4.69, 9.17) is 0 Å². The third-order valence-corrected chi connectivity index (χ3v) is 0.964. The molecule has 0 aliphatic carbocycles. The SMILES string of the molecule is C=CCOC=C.O=C1C=CC(=O)N1. The fourth-order valence-electron chi connectivity index (χ4n) is 0.492. The molecule has 1 rings (SSSR count). The van der Waals surface area contributed by atoms with Crippen molar-refractivity contribution < 1.29 is 14.3 Å². The van der Waals surface area contributed by atoms with Gasteiger partial charge >= 0.3 is 0 Å². The molecule has 1 aliphatic heterocycles. The zero-order valence-electron chi connectivity index (χ0n) is 7.16. The normalized spacial score (nSPS) is 12.6. The highest BCUT2D eigenvalue weighted by atomic mass is 16.5. The minimum absolute atomic E-state index is 0.329. The quantitative estimate of drug-likeness (QED) is 0.299. The van der Waals surface area contributed by atoms with Crippen LogP contribution in [-0.2, 0) is 14.3 Å². The summed E-state index contributed by atoms with van der Waals surface area (Å²) in [6.07, 6.45) is 5.45. The average molecular weight is 181 g/mol. The van der Waals surface area contributed by atoms with E-state index in [1.54, 1.807) is 6.08 Å². The van der Waals surface area contributed by atoms with E-state index in [0.717, 1.165) is 0 Å². The van der Waals surface area contributed by atoms with Gasteiger partial charge in [-0.3, -0.25) is 14.9 Å². The molecule has 1 heterocycles. The highest BCUT2D eigenvalue weighted by Gasteiger charge is 2.06. The summed E-state index contributed by atoms with van der Waals surface area (Å²) in [6, 6.07) is 0. The summed E-state index contributed by atoms with van der Waals surface area (Å²) >= 11 is 0. The molecule has 0 aromatic carbocycles. The molecule has 0 fully saturated rings. The Balaban J connectivity index is 0.000000226. The Bertz CT molecular complexity index is 219. The molecule has 0 saturated carbocycles. The van der Waals surface area contributed by atoms with Crippen LogP contribution in [0.3, 0.4) is 0 Å². The minimum atomic E-state index is -0.329. The summed E-state index contributed by atoms with van der Waals surface area (Å²) in [5, 5.41) is 2.03. The van der Waals surface area contributed by atoms with Gasteiger partial charge < -0.3 is 4.74 Å². The summed E-state index contributed by atoms with van der Waals surface area (Å²) < 4.78 is 4.63. The number of amides is 2. The van der Waals surface area contributed by atoms with Gasteiger partial charge in [0.25, 0.3) is 11.8 Å². The molecule has 13 heavy (non-hydrogen) atoms. The third-order valence-electron chi connectivity index (χ3n) is 0.964. The highest BCUT2D eigenvalue weighted by Crippen LogP contribution is 1.82. The number of carbonyl (C=O) groups excluding carboxylic acids is 2. The van der Waals surface area contributed by atoms with Crippen LogP contribution in [0.1, 0.15) is 0 Å². The Hall–Kier alpha value is -1.84. The predicted octanol–water partition coefficient (Wildman–Crippen LogP) is 0.531. The number of imide groups is 1. The van der Waals surface area contributed by atoms with Gasteiger partial charge in [-0.25, -0.2) is 0 Å². The number of hydrogen-bond donors (Lipinski definition) is 1. The Morgan fingerprint density at radius 1 is 1.31 bits per heavy atom. The number of carbonyl (C=O) groups is 2. The maximum Gasteiger partial charge on any atom is 0.250 e. The monoisotopic (exact) mass is 181 g/mol. The Morgan fingerprint density at radius 3 is 2.00 bits per heavy atom. The molecule has 0 atom stereocenters. The van der Waals surface area contributed by atoms with Crippen molar-refractivity contribution in [2.45, 2.75) is 0 Å². The number of ether oxygens (including phenoxy) is 1. The molecule has 4 nitrogen and oxygen atoms in total. The van der Waals surface area contributed by atoms with Crippen molar-refractivity contribution in [3.05, 3.63) is 37.6 Å². The maximum absolute atomic E-state index is 10.0. The molecule has 2 amide bonds. The van der Waals surface area contributed by atoms with E-state index in [1.165, 1.54) is 18.4 Å². The van der Waals surface area contributed by atoms with Gasteiger partial charge in [-0.15, -0.1) is 0 Å². The molecular weight excluding hydrogens is 170 g/mol. The van der Waals surface area contributed by atoms with E-state index in [9.17, 15) is 9.59 Å². The van der Waals surface area contributed by atoms with E-state index in [-0.39, 0.29) is 11.8 Å². The van der Waals surface area contributed by atoms with Gasteiger partial charge in [0.15, 0.2) is 0 Å². The second kappa shape index (κ2) is 6.84. The van der Waals surface area contributed by atoms with Gasteiger partial charge in [-0.05, 0) is 0 Å². The maximum atomic E-state index is 10.0. The van der Waals surface area contributed by atoms with Crippen molar-refractivity contribution in [2.75, 3.05) is 6.61 Å². The zero-order valence-corrected chi connectivity index (χ0v) is 7.16. The molecule has 4 heteroatoms. The molecule has 0 bridgehead atoms. The first-order chi connectivity index (χ1) is 6.20. The lowest BCUT2D eigenvalue weighted by Crippen LogP contribution is -2.19. The predicted molar refractivity (Wildman–Crippen MR) is 48.6 cm³/mol. The molecule has 0 spiro atoms. The van der Waals surface area contributed by atoms with Crippen LogP contribution in [0.15, 0.2) is 37.6 Å². The van der Waals surface area contributed by atoms with Crippen LogP contribution in [0.2, 0.25) is 0 Å². The first-order valence-electron chi connectivity index (χ1n) is 3.57. The summed E-state index contributed by atoms with van der Waals surface area (Å²) in [6.45, 7) is 7.31. The number of hydrogen-bond acceptors (Lipinski definition) is 3. The molecule has 0 aromatic rings. The van der Waals surface area contributed by atoms with Gasteiger partial charge in [0, 0.05) is 12.2 Å². The van der Waals surface area contributed by atoms with Gasteiger partial charge in [-0.2, -0.15) is 0 Å². The lowest BCUT2D eigenvalue weighted by molar-refractivity contribution is -0.123. The van der Waals surface area contributed by atoms with E-state index >= 15 is 0 Å². The highest BCUT2D eigenvalue weighted by molar-refractivity contribution is 6.12. The van der Waals surface area contributed by atoms with Crippen LogP contribution >= 0.6 is 0 Å². The van der Waals surface area contributed by atoms with Crippen LogP contribution < -0.4 is 5.32 Å². The standard InChI is InChI=1S/C5H8O.C4H3NO2/c1-3-5-6-4-2;6-3-1-2-4(7)5-3/h3-4H,1-2,5H2;1-2H,(H,5,6,7). The van der Waals surface area contributed by atoms with Crippen molar-refractivity contribution in [1.29, 1.82) is 0 Å². The molecule has 0 unspecified atom stereocenters. The van der Waals surface area contributed by atoms with Crippen molar-refractivity contribution in [2.24, 2.45) is 0 Å². The Labute approximate surface area is 76.6 Å². The lowest BCUT2D eigenvalue weighted by Gasteiger charge is -1.86. The van der Waals surface area contributed by atoms with Crippen molar-refractivity contribution in [1.82, 2.24) is 5.32 Å². The summed E-state index contributed by atoms with van der Waals surface area (Å²) in [5.74, 6) is -0.657. The average Bonchev–Trinajstić information content (AvgIpc) is 2.47. The molecule has 1 N–H and O–H groups in total. The Kier molecular flexibility index (Phi) is 5.88. The third kappa shape index (κ3) is 6.55. The van der Waals surface area contributed by atoms with Gasteiger partial charge in [0.2, 0.25) is 0 Å². The molecular formula is C9H11NO3. The molecule has 0 aromatic heterocycles. The summed E-state index contributed by atoms with van der Waals surface area (Å²) in [4.78, 5) is 20.1. The zero-order chi connectivity index (χ0) is 10.1. The Morgan fingerprint density at radius 2 is 1.85 bits per heavy atom. The molecule has 0 saturated heterocycles.